The number of hydrogen-bond acceptors (Lipinski definition) is 4. The predicted molar refractivity (Wildman–Crippen MR) is 127 cm³/mol. The van der Waals surface area contributed by atoms with Crippen molar-refractivity contribution in [1.82, 2.24) is 10.2 Å². The summed E-state index contributed by atoms with van der Waals surface area (Å²) in [5.74, 6) is -0.0373. The van der Waals surface area contributed by atoms with E-state index in [4.69, 9.17) is 0 Å². The number of hydrogen-bond donors (Lipinski definition) is 3. The molecule has 2 aromatic carbocycles. The van der Waals surface area contributed by atoms with Crippen molar-refractivity contribution < 1.29 is 15.0 Å². The Labute approximate surface area is 191 Å². The van der Waals surface area contributed by atoms with E-state index in [1.54, 1.807) is 0 Å². The Morgan fingerprint density at radius 1 is 0.969 bits per heavy atom. The highest BCUT2D eigenvalue weighted by Gasteiger charge is 2.40. The molecule has 5 heteroatoms. The molecule has 32 heavy (non-hydrogen) atoms. The molecule has 172 valence electrons. The van der Waals surface area contributed by atoms with Gasteiger partial charge in [-0.05, 0) is 62.6 Å². The maximum Gasteiger partial charge on any atom is 0.251 e. The summed E-state index contributed by atoms with van der Waals surface area (Å²) in [6.07, 6.45) is 4.28. The number of rotatable bonds is 5. The van der Waals surface area contributed by atoms with Crippen LogP contribution in [0.1, 0.15) is 60.0 Å². The molecule has 0 spiro atoms. The van der Waals surface area contributed by atoms with Crippen molar-refractivity contribution in [3.63, 3.8) is 0 Å². The molecule has 4 rings (SSSR count). The van der Waals surface area contributed by atoms with Crippen LogP contribution >= 0.6 is 0 Å². The molecule has 1 amide bonds. The molecule has 3 atom stereocenters. The number of carbonyl (C=O) groups is 1. The van der Waals surface area contributed by atoms with E-state index in [2.05, 4.69) is 34.5 Å². The Bertz CT molecular complexity index is 895. The van der Waals surface area contributed by atoms with Gasteiger partial charge in [0.05, 0.1) is 12.2 Å². The van der Waals surface area contributed by atoms with Crippen LogP contribution in [-0.2, 0) is 5.41 Å². The Balaban J connectivity index is 1.53. The first-order chi connectivity index (χ1) is 15.5. The molecule has 3 N–H and O–H groups in total. The molecule has 5 nitrogen and oxygen atoms in total. The number of likely N-dealkylation sites (tertiary alicyclic amines) is 1. The first kappa shape index (κ1) is 23.0. The minimum Gasteiger partial charge on any atom is -0.393 e. The van der Waals surface area contributed by atoms with E-state index >= 15 is 0 Å². The molecule has 0 aromatic heterocycles. The zero-order chi connectivity index (χ0) is 22.6. The van der Waals surface area contributed by atoms with Gasteiger partial charge in [0.1, 0.15) is 0 Å². The van der Waals surface area contributed by atoms with Crippen LogP contribution in [0.4, 0.5) is 0 Å². The van der Waals surface area contributed by atoms with E-state index in [9.17, 15) is 15.0 Å². The standard InChI is InChI=1S/C27H36N2O3/c1-20-7-5-6-10-23(20)26(32)28-19-27(21-8-3-2-4-9-21)15-11-24(25(31)12-16-27)29-17-13-22(30)14-18-29/h2-10,22,24-25,30-31H,11-19H2,1H3,(H,28,32)/t24-,25-,27-/m0/s1. The van der Waals surface area contributed by atoms with Crippen molar-refractivity contribution in [2.75, 3.05) is 19.6 Å². The van der Waals surface area contributed by atoms with Crippen molar-refractivity contribution in [3.05, 3.63) is 71.3 Å². The predicted octanol–water partition coefficient (Wildman–Crippen LogP) is 3.42. The van der Waals surface area contributed by atoms with E-state index < -0.39 is 0 Å². The van der Waals surface area contributed by atoms with Crippen molar-refractivity contribution in [2.45, 2.75) is 69.1 Å². The summed E-state index contributed by atoms with van der Waals surface area (Å²) in [4.78, 5) is 15.3. The van der Waals surface area contributed by atoms with Crippen LogP contribution in [0.5, 0.6) is 0 Å². The number of aliphatic hydroxyl groups excluding tert-OH is 2. The third-order valence-electron chi connectivity index (χ3n) is 7.61. The average Bonchev–Trinajstić information content (AvgIpc) is 2.99. The van der Waals surface area contributed by atoms with E-state index in [1.165, 1.54) is 5.56 Å². The van der Waals surface area contributed by atoms with E-state index in [1.807, 2.05) is 37.3 Å². The lowest BCUT2D eigenvalue weighted by molar-refractivity contribution is 0.00482. The fraction of sp³-hybridized carbons (Fsp3) is 0.519. The molecule has 1 aliphatic carbocycles. The summed E-state index contributed by atoms with van der Waals surface area (Å²) in [6, 6.07) is 18.3. The second kappa shape index (κ2) is 10.2. The minimum absolute atomic E-state index is 0.0373. The lowest BCUT2D eigenvalue weighted by Crippen LogP contribution is -2.48. The van der Waals surface area contributed by atoms with Gasteiger partial charge in [-0.15, -0.1) is 0 Å². The van der Waals surface area contributed by atoms with Gasteiger partial charge < -0.3 is 15.5 Å². The Morgan fingerprint density at radius 2 is 1.62 bits per heavy atom. The minimum atomic E-state index is -0.386. The fourth-order valence-corrected chi connectivity index (χ4v) is 5.53. The summed E-state index contributed by atoms with van der Waals surface area (Å²) >= 11 is 0. The number of amides is 1. The number of benzene rings is 2. The zero-order valence-electron chi connectivity index (χ0n) is 19.0. The molecular formula is C27H36N2O3. The zero-order valence-corrected chi connectivity index (χ0v) is 19.0. The third-order valence-corrected chi connectivity index (χ3v) is 7.61. The van der Waals surface area contributed by atoms with Crippen LogP contribution in [0, 0.1) is 6.92 Å². The number of aliphatic hydroxyl groups is 2. The number of carbonyl (C=O) groups excluding carboxylic acids is 1. The number of nitrogens with zero attached hydrogens (tertiary/aromatic N) is 1. The molecule has 0 unspecified atom stereocenters. The largest absolute Gasteiger partial charge is 0.393 e. The van der Waals surface area contributed by atoms with Gasteiger partial charge in [0, 0.05) is 36.7 Å². The molecule has 1 saturated carbocycles. The molecule has 2 fully saturated rings. The van der Waals surface area contributed by atoms with Gasteiger partial charge in [0.25, 0.3) is 5.91 Å². The van der Waals surface area contributed by atoms with Crippen LogP contribution in [-0.4, -0.2) is 58.9 Å². The molecule has 1 saturated heterocycles. The lowest BCUT2D eigenvalue weighted by Gasteiger charge is -2.38. The molecule has 0 bridgehead atoms. The van der Waals surface area contributed by atoms with Crippen molar-refractivity contribution in [3.8, 4) is 0 Å². The van der Waals surface area contributed by atoms with Gasteiger partial charge >= 0.3 is 0 Å². The second-order valence-electron chi connectivity index (χ2n) is 9.62. The Morgan fingerprint density at radius 3 is 2.34 bits per heavy atom. The summed E-state index contributed by atoms with van der Waals surface area (Å²) in [7, 11) is 0. The monoisotopic (exact) mass is 436 g/mol. The van der Waals surface area contributed by atoms with E-state index in [0.29, 0.717) is 18.5 Å². The van der Waals surface area contributed by atoms with E-state index in [-0.39, 0.29) is 29.6 Å². The fourth-order valence-electron chi connectivity index (χ4n) is 5.53. The second-order valence-corrected chi connectivity index (χ2v) is 9.62. The summed E-state index contributed by atoms with van der Waals surface area (Å²) in [5, 5.41) is 24.2. The maximum atomic E-state index is 13.0. The lowest BCUT2D eigenvalue weighted by atomic mass is 9.74. The molecule has 1 heterocycles. The van der Waals surface area contributed by atoms with Gasteiger partial charge in [-0.25, -0.2) is 0 Å². The summed E-state index contributed by atoms with van der Waals surface area (Å²) < 4.78 is 0. The number of aryl methyl sites for hydroxylation is 1. The van der Waals surface area contributed by atoms with Gasteiger partial charge in [0.2, 0.25) is 0 Å². The highest BCUT2D eigenvalue weighted by Crippen LogP contribution is 2.39. The van der Waals surface area contributed by atoms with Gasteiger partial charge in [-0.2, -0.15) is 0 Å². The summed E-state index contributed by atoms with van der Waals surface area (Å²) in [5.41, 5.74) is 2.72. The van der Waals surface area contributed by atoms with Crippen LogP contribution in [0.15, 0.2) is 54.6 Å². The van der Waals surface area contributed by atoms with Gasteiger partial charge in [-0.1, -0.05) is 48.5 Å². The first-order valence-corrected chi connectivity index (χ1v) is 12.0. The van der Waals surface area contributed by atoms with Gasteiger partial charge in [0.15, 0.2) is 0 Å². The smallest absolute Gasteiger partial charge is 0.251 e. The number of piperidine rings is 1. The van der Waals surface area contributed by atoms with Gasteiger partial charge in [-0.3, -0.25) is 9.69 Å². The highest BCUT2D eigenvalue weighted by atomic mass is 16.3. The Kier molecular flexibility index (Phi) is 7.29. The SMILES string of the molecule is Cc1ccccc1C(=O)NC[C@@]1(c2ccccc2)CC[C@H](O)[C@@H](N2CCC(O)CC2)CC1. The van der Waals surface area contributed by atoms with Crippen LogP contribution in [0.3, 0.4) is 0 Å². The third kappa shape index (κ3) is 5.06. The molecule has 2 aromatic rings. The topological polar surface area (TPSA) is 72.8 Å². The molecule has 2 aliphatic rings. The van der Waals surface area contributed by atoms with Crippen molar-refractivity contribution in [2.24, 2.45) is 0 Å². The normalized spacial score (nSPS) is 27.6. The summed E-state index contributed by atoms with van der Waals surface area (Å²) in [6.45, 7) is 4.20. The number of nitrogens with one attached hydrogen (secondary N) is 1. The quantitative estimate of drug-likeness (QED) is 0.628. The van der Waals surface area contributed by atoms with Crippen molar-refractivity contribution >= 4 is 5.91 Å². The molecule has 1 aliphatic heterocycles. The highest BCUT2D eigenvalue weighted by molar-refractivity contribution is 5.95. The van der Waals surface area contributed by atoms with Crippen LogP contribution < -0.4 is 5.32 Å². The average molecular weight is 437 g/mol. The van der Waals surface area contributed by atoms with Crippen molar-refractivity contribution in [1.29, 1.82) is 0 Å². The van der Waals surface area contributed by atoms with Crippen LogP contribution in [0.25, 0.3) is 0 Å². The first-order valence-electron chi connectivity index (χ1n) is 12.0. The molecular weight excluding hydrogens is 400 g/mol. The van der Waals surface area contributed by atoms with E-state index in [0.717, 1.165) is 50.8 Å². The maximum absolute atomic E-state index is 13.0. The Hall–Kier alpha value is -2.21. The van der Waals surface area contributed by atoms with Crippen LogP contribution in [0.2, 0.25) is 0 Å². The molecule has 0 radical (unpaired) electrons.